The normalized spacial score (nSPS) is 10.4. The number of pyridine rings is 1. The van der Waals surface area contributed by atoms with Crippen molar-refractivity contribution >= 4 is 5.91 Å². The molecule has 126 valence electrons. The number of hydrogen-bond donors (Lipinski definition) is 1. The summed E-state index contributed by atoms with van der Waals surface area (Å²) in [6.45, 7) is 0.607. The number of nitrogens with one attached hydrogen (secondary N) is 1. The maximum Gasteiger partial charge on any atom is 0.251 e. The molecule has 0 aliphatic carbocycles. The molecular formula is C21H19FN2O. The molecule has 1 N–H and O–H groups in total. The fourth-order valence-corrected chi connectivity index (χ4v) is 2.65. The van der Waals surface area contributed by atoms with Gasteiger partial charge in [-0.3, -0.25) is 9.78 Å². The lowest BCUT2D eigenvalue weighted by Gasteiger charge is -2.07. The first-order chi connectivity index (χ1) is 12.2. The monoisotopic (exact) mass is 334 g/mol. The minimum Gasteiger partial charge on any atom is -0.352 e. The molecule has 25 heavy (non-hydrogen) atoms. The molecule has 0 saturated carbocycles. The highest BCUT2D eigenvalue weighted by molar-refractivity contribution is 5.93. The van der Waals surface area contributed by atoms with Crippen LogP contribution in [0.15, 0.2) is 73.1 Å². The molecule has 1 amide bonds. The van der Waals surface area contributed by atoms with E-state index in [9.17, 15) is 9.18 Å². The number of hydrogen-bond acceptors (Lipinski definition) is 2. The lowest BCUT2D eigenvalue weighted by atomic mass is 10.0. The number of rotatable bonds is 6. The molecule has 0 aliphatic heterocycles. The second-order valence-corrected chi connectivity index (χ2v) is 5.77. The van der Waals surface area contributed by atoms with Crippen molar-refractivity contribution in [1.82, 2.24) is 10.3 Å². The summed E-state index contributed by atoms with van der Waals surface area (Å²) in [5.41, 5.74) is 3.26. The van der Waals surface area contributed by atoms with Gasteiger partial charge in [-0.1, -0.05) is 42.5 Å². The Bertz CT molecular complexity index is 832. The molecule has 0 atom stereocenters. The van der Waals surface area contributed by atoms with Crippen molar-refractivity contribution in [2.24, 2.45) is 0 Å². The van der Waals surface area contributed by atoms with E-state index in [4.69, 9.17) is 0 Å². The quantitative estimate of drug-likeness (QED) is 0.685. The standard InChI is InChI=1S/C21H19FN2O/c22-20-6-2-1-5-19(20)17-9-7-16(8-10-17)4-3-13-24-21(25)18-11-14-23-15-12-18/h1-2,5-12,14-15H,3-4,13H2,(H,24,25). The van der Waals surface area contributed by atoms with Gasteiger partial charge in [0.1, 0.15) is 5.82 Å². The van der Waals surface area contributed by atoms with Gasteiger partial charge in [-0.15, -0.1) is 0 Å². The van der Waals surface area contributed by atoms with Gasteiger partial charge in [0.15, 0.2) is 0 Å². The highest BCUT2D eigenvalue weighted by Crippen LogP contribution is 2.22. The summed E-state index contributed by atoms with van der Waals surface area (Å²) < 4.78 is 13.8. The molecule has 0 fully saturated rings. The molecule has 3 rings (SSSR count). The van der Waals surface area contributed by atoms with Gasteiger partial charge < -0.3 is 5.32 Å². The van der Waals surface area contributed by atoms with Crippen molar-refractivity contribution in [3.05, 3.63) is 90.0 Å². The number of amides is 1. The minimum absolute atomic E-state index is 0.0858. The summed E-state index contributed by atoms with van der Waals surface area (Å²) in [6, 6.07) is 18.0. The van der Waals surface area contributed by atoms with Gasteiger partial charge in [0.2, 0.25) is 0 Å². The van der Waals surface area contributed by atoms with Crippen molar-refractivity contribution < 1.29 is 9.18 Å². The summed E-state index contributed by atoms with van der Waals surface area (Å²) >= 11 is 0. The third kappa shape index (κ3) is 4.51. The molecule has 4 heteroatoms. The topological polar surface area (TPSA) is 42.0 Å². The van der Waals surface area contributed by atoms with E-state index >= 15 is 0 Å². The first kappa shape index (κ1) is 16.8. The lowest BCUT2D eigenvalue weighted by molar-refractivity contribution is 0.0953. The Labute approximate surface area is 146 Å². The van der Waals surface area contributed by atoms with Crippen molar-refractivity contribution in [2.45, 2.75) is 12.8 Å². The Hall–Kier alpha value is -3.01. The molecule has 0 bridgehead atoms. The minimum atomic E-state index is -0.214. The molecule has 0 saturated heterocycles. The van der Waals surface area contributed by atoms with Gasteiger partial charge in [-0.05, 0) is 42.2 Å². The Morgan fingerprint density at radius 3 is 2.40 bits per heavy atom. The van der Waals surface area contributed by atoms with E-state index in [1.54, 1.807) is 36.7 Å². The third-order valence-corrected chi connectivity index (χ3v) is 4.01. The van der Waals surface area contributed by atoms with E-state index in [1.807, 2.05) is 30.3 Å². The Morgan fingerprint density at radius 1 is 0.960 bits per heavy atom. The number of aromatic nitrogens is 1. The maximum absolute atomic E-state index is 13.8. The lowest BCUT2D eigenvalue weighted by Crippen LogP contribution is -2.24. The number of aryl methyl sites for hydroxylation is 1. The molecule has 0 aliphatic rings. The van der Waals surface area contributed by atoms with Crippen LogP contribution in [-0.4, -0.2) is 17.4 Å². The third-order valence-electron chi connectivity index (χ3n) is 4.01. The van der Waals surface area contributed by atoms with E-state index < -0.39 is 0 Å². The van der Waals surface area contributed by atoms with E-state index in [0.29, 0.717) is 17.7 Å². The number of carbonyl (C=O) groups excluding carboxylic acids is 1. The average Bonchev–Trinajstić information content (AvgIpc) is 2.67. The second-order valence-electron chi connectivity index (χ2n) is 5.77. The number of nitrogens with zero attached hydrogens (tertiary/aromatic N) is 1. The van der Waals surface area contributed by atoms with Crippen LogP contribution >= 0.6 is 0 Å². The van der Waals surface area contributed by atoms with Gasteiger partial charge in [0.25, 0.3) is 5.91 Å². The summed E-state index contributed by atoms with van der Waals surface area (Å²) in [6.07, 6.45) is 4.90. The van der Waals surface area contributed by atoms with Crippen molar-refractivity contribution in [3.8, 4) is 11.1 Å². The maximum atomic E-state index is 13.8. The van der Waals surface area contributed by atoms with E-state index in [1.165, 1.54) is 11.6 Å². The van der Waals surface area contributed by atoms with E-state index in [2.05, 4.69) is 10.3 Å². The molecule has 0 unspecified atom stereocenters. The van der Waals surface area contributed by atoms with Crippen LogP contribution in [0.4, 0.5) is 4.39 Å². The highest BCUT2D eigenvalue weighted by atomic mass is 19.1. The summed E-state index contributed by atoms with van der Waals surface area (Å²) in [5, 5.41) is 2.90. The highest BCUT2D eigenvalue weighted by Gasteiger charge is 2.05. The largest absolute Gasteiger partial charge is 0.352 e. The van der Waals surface area contributed by atoms with Gasteiger partial charge in [0, 0.05) is 30.1 Å². The fourth-order valence-electron chi connectivity index (χ4n) is 2.65. The Morgan fingerprint density at radius 2 is 1.68 bits per heavy atom. The first-order valence-electron chi connectivity index (χ1n) is 8.26. The molecule has 0 spiro atoms. The summed E-state index contributed by atoms with van der Waals surface area (Å²) in [4.78, 5) is 15.8. The molecule has 0 radical (unpaired) electrons. The average molecular weight is 334 g/mol. The Kier molecular flexibility index (Phi) is 5.52. The van der Waals surface area contributed by atoms with Crippen LogP contribution in [-0.2, 0) is 6.42 Å². The number of benzene rings is 2. The molecule has 1 heterocycles. The van der Waals surface area contributed by atoms with Crippen LogP contribution in [0.3, 0.4) is 0 Å². The van der Waals surface area contributed by atoms with E-state index in [0.717, 1.165) is 18.4 Å². The zero-order valence-electron chi connectivity index (χ0n) is 13.8. The predicted molar refractivity (Wildman–Crippen MR) is 96.7 cm³/mol. The predicted octanol–water partition coefficient (Wildman–Crippen LogP) is 4.25. The number of halogens is 1. The van der Waals surface area contributed by atoms with Crippen molar-refractivity contribution in [2.75, 3.05) is 6.54 Å². The molecular weight excluding hydrogens is 315 g/mol. The zero-order valence-corrected chi connectivity index (χ0v) is 13.8. The van der Waals surface area contributed by atoms with Crippen molar-refractivity contribution in [1.29, 1.82) is 0 Å². The smallest absolute Gasteiger partial charge is 0.251 e. The first-order valence-corrected chi connectivity index (χ1v) is 8.26. The van der Waals surface area contributed by atoms with Gasteiger partial charge in [-0.25, -0.2) is 4.39 Å². The summed E-state index contributed by atoms with van der Waals surface area (Å²) in [7, 11) is 0. The molecule has 3 aromatic rings. The SMILES string of the molecule is O=C(NCCCc1ccc(-c2ccccc2F)cc1)c1ccncc1. The zero-order chi connectivity index (χ0) is 17.5. The van der Waals surface area contributed by atoms with Crippen LogP contribution in [0.25, 0.3) is 11.1 Å². The molecule has 1 aromatic heterocycles. The Balaban J connectivity index is 1.49. The van der Waals surface area contributed by atoms with Gasteiger partial charge >= 0.3 is 0 Å². The summed E-state index contributed by atoms with van der Waals surface area (Å²) in [5.74, 6) is -0.300. The van der Waals surface area contributed by atoms with Gasteiger partial charge in [0.05, 0.1) is 0 Å². The van der Waals surface area contributed by atoms with Crippen LogP contribution in [0.2, 0.25) is 0 Å². The van der Waals surface area contributed by atoms with Crippen LogP contribution in [0.5, 0.6) is 0 Å². The van der Waals surface area contributed by atoms with E-state index in [-0.39, 0.29) is 11.7 Å². The molecule has 2 aromatic carbocycles. The second kappa shape index (κ2) is 8.20. The number of carbonyl (C=O) groups is 1. The molecule has 3 nitrogen and oxygen atoms in total. The van der Waals surface area contributed by atoms with Gasteiger partial charge in [-0.2, -0.15) is 0 Å². The van der Waals surface area contributed by atoms with Crippen LogP contribution < -0.4 is 5.32 Å². The fraction of sp³-hybridized carbons (Fsp3) is 0.143. The van der Waals surface area contributed by atoms with Crippen LogP contribution in [0.1, 0.15) is 22.3 Å². The van der Waals surface area contributed by atoms with Crippen LogP contribution in [0, 0.1) is 5.82 Å². The van der Waals surface area contributed by atoms with Crippen molar-refractivity contribution in [3.63, 3.8) is 0 Å².